The van der Waals surface area contributed by atoms with Crippen molar-refractivity contribution in [1.82, 2.24) is 0 Å². The van der Waals surface area contributed by atoms with Gasteiger partial charge in [-0.2, -0.15) is 0 Å². The van der Waals surface area contributed by atoms with Gasteiger partial charge in [-0.25, -0.2) is 4.99 Å². The van der Waals surface area contributed by atoms with Gasteiger partial charge in [0.15, 0.2) is 17.5 Å². The van der Waals surface area contributed by atoms with Crippen LogP contribution in [0.25, 0.3) is 0 Å². The lowest BCUT2D eigenvalue weighted by Crippen LogP contribution is -2.22. The topological polar surface area (TPSA) is 82.9 Å². The van der Waals surface area contributed by atoms with Crippen LogP contribution in [0.1, 0.15) is 5.56 Å². The number of nitrogens with zero attached hydrogens (tertiary/aromatic N) is 1. The third kappa shape index (κ3) is 3.03. The Morgan fingerprint density at radius 1 is 1.25 bits per heavy atom. The molecule has 16 heavy (non-hydrogen) atoms. The van der Waals surface area contributed by atoms with Crippen molar-refractivity contribution in [3.63, 3.8) is 0 Å². The molecular formula is C10H14BrN3O2. The number of halogens is 1. The van der Waals surface area contributed by atoms with E-state index in [1.807, 2.05) is 12.1 Å². The summed E-state index contributed by atoms with van der Waals surface area (Å²) >= 11 is 3.41. The van der Waals surface area contributed by atoms with E-state index in [0.717, 1.165) is 10.0 Å². The molecular weight excluding hydrogens is 274 g/mol. The first-order valence-corrected chi connectivity index (χ1v) is 5.33. The fraction of sp³-hybridized carbons (Fsp3) is 0.300. The van der Waals surface area contributed by atoms with Crippen molar-refractivity contribution in [2.75, 3.05) is 14.2 Å². The molecule has 0 saturated heterocycles. The van der Waals surface area contributed by atoms with Gasteiger partial charge in [0, 0.05) is 4.47 Å². The molecule has 0 amide bonds. The van der Waals surface area contributed by atoms with Crippen molar-refractivity contribution < 1.29 is 9.47 Å². The molecule has 0 aliphatic carbocycles. The average molecular weight is 288 g/mol. The predicted molar refractivity (Wildman–Crippen MR) is 66.8 cm³/mol. The SMILES string of the molecule is COc1cc(Br)c(CN=C(N)N)cc1OC. The summed E-state index contributed by atoms with van der Waals surface area (Å²) in [7, 11) is 3.16. The minimum Gasteiger partial charge on any atom is -0.493 e. The van der Waals surface area contributed by atoms with Crippen LogP contribution in [0.3, 0.4) is 0 Å². The van der Waals surface area contributed by atoms with Crippen LogP contribution in [0.2, 0.25) is 0 Å². The van der Waals surface area contributed by atoms with Crippen LogP contribution in [0, 0.1) is 0 Å². The van der Waals surface area contributed by atoms with E-state index in [0.29, 0.717) is 18.0 Å². The molecule has 0 aliphatic rings. The largest absolute Gasteiger partial charge is 0.493 e. The van der Waals surface area contributed by atoms with Gasteiger partial charge in [0.05, 0.1) is 20.8 Å². The van der Waals surface area contributed by atoms with E-state index in [1.165, 1.54) is 0 Å². The first kappa shape index (κ1) is 12.6. The number of hydrogen-bond donors (Lipinski definition) is 2. The van der Waals surface area contributed by atoms with E-state index < -0.39 is 0 Å². The van der Waals surface area contributed by atoms with Crippen LogP contribution in [-0.4, -0.2) is 20.2 Å². The lowest BCUT2D eigenvalue weighted by Gasteiger charge is -2.10. The van der Waals surface area contributed by atoms with E-state index >= 15 is 0 Å². The minimum absolute atomic E-state index is 0.0571. The van der Waals surface area contributed by atoms with Gasteiger partial charge in [0.2, 0.25) is 0 Å². The molecule has 0 radical (unpaired) electrons. The molecule has 5 nitrogen and oxygen atoms in total. The second kappa shape index (κ2) is 5.60. The Labute approximate surface area is 103 Å². The molecule has 0 aliphatic heterocycles. The number of nitrogens with two attached hydrogens (primary N) is 2. The van der Waals surface area contributed by atoms with Gasteiger partial charge in [0.25, 0.3) is 0 Å². The van der Waals surface area contributed by atoms with Crippen LogP contribution >= 0.6 is 15.9 Å². The van der Waals surface area contributed by atoms with Crippen LogP contribution in [-0.2, 0) is 6.54 Å². The molecule has 0 saturated carbocycles. The number of guanidine groups is 1. The van der Waals surface area contributed by atoms with Gasteiger partial charge in [-0.1, -0.05) is 15.9 Å². The van der Waals surface area contributed by atoms with Gasteiger partial charge in [-0.3, -0.25) is 0 Å². The molecule has 1 aromatic rings. The summed E-state index contributed by atoms with van der Waals surface area (Å²) in [6.07, 6.45) is 0. The summed E-state index contributed by atoms with van der Waals surface area (Å²) in [6.45, 7) is 0.392. The van der Waals surface area contributed by atoms with Crippen LogP contribution in [0.15, 0.2) is 21.6 Å². The Hall–Kier alpha value is -1.43. The minimum atomic E-state index is 0.0571. The number of aliphatic imine (C=N–C) groups is 1. The first-order chi connectivity index (χ1) is 7.58. The molecule has 1 rings (SSSR count). The maximum absolute atomic E-state index is 5.27. The Bertz CT molecular complexity index is 403. The highest BCUT2D eigenvalue weighted by atomic mass is 79.9. The fourth-order valence-corrected chi connectivity index (χ4v) is 1.64. The number of methoxy groups -OCH3 is 2. The normalized spacial score (nSPS) is 9.69. The number of rotatable bonds is 4. The summed E-state index contributed by atoms with van der Waals surface area (Å²) in [5.41, 5.74) is 11.5. The maximum atomic E-state index is 5.27. The Morgan fingerprint density at radius 3 is 2.31 bits per heavy atom. The van der Waals surface area contributed by atoms with Gasteiger partial charge in [-0.05, 0) is 17.7 Å². The quantitative estimate of drug-likeness (QED) is 0.645. The van der Waals surface area contributed by atoms with Crippen molar-refractivity contribution in [1.29, 1.82) is 0 Å². The molecule has 0 aromatic heterocycles. The van der Waals surface area contributed by atoms with Crippen molar-refractivity contribution in [3.05, 3.63) is 22.2 Å². The molecule has 0 atom stereocenters. The van der Waals surface area contributed by atoms with Gasteiger partial charge < -0.3 is 20.9 Å². The Morgan fingerprint density at radius 2 is 1.81 bits per heavy atom. The monoisotopic (exact) mass is 287 g/mol. The molecule has 6 heteroatoms. The molecule has 88 valence electrons. The van der Waals surface area contributed by atoms with E-state index in [1.54, 1.807) is 14.2 Å². The Balaban J connectivity index is 3.06. The average Bonchev–Trinajstić information content (AvgIpc) is 2.26. The highest BCUT2D eigenvalue weighted by molar-refractivity contribution is 9.10. The smallest absolute Gasteiger partial charge is 0.186 e. The number of hydrogen-bond acceptors (Lipinski definition) is 3. The second-order valence-electron chi connectivity index (χ2n) is 3.04. The number of benzene rings is 1. The second-order valence-corrected chi connectivity index (χ2v) is 3.89. The van der Waals surface area contributed by atoms with Crippen molar-refractivity contribution in [3.8, 4) is 11.5 Å². The van der Waals surface area contributed by atoms with E-state index in [2.05, 4.69) is 20.9 Å². The van der Waals surface area contributed by atoms with Gasteiger partial charge in [-0.15, -0.1) is 0 Å². The lowest BCUT2D eigenvalue weighted by atomic mass is 10.2. The van der Waals surface area contributed by atoms with Gasteiger partial charge >= 0.3 is 0 Å². The van der Waals surface area contributed by atoms with Crippen molar-refractivity contribution in [2.24, 2.45) is 16.5 Å². The van der Waals surface area contributed by atoms with Crippen molar-refractivity contribution in [2.45, 2.75) is 6.54 Å². The fourth-order valence-electron chi connectivity index (χ4n) is 1.19. The van der Waals surface area contributed by atoms with E-state index in [4.69, 9.17) is 20.9 Å². The maximum Gasteiger partial charge on any atom is 0.186 e. The molecule has 0 fully saturated rings. The number of ether oxygens (including phenoxy) is 2. The van der Waals surface area contributed by atoms with Crippen molar-refractivity contribution >= 4 is 21.9 Å². The zero-order valence-corrected chi connectivity index (χ0v) is 10.7. The Kier molecular flexibility index (Phi) is 4.42. The van der Waals surface area contributed by atoms with Crippen LogP contribution in [0.5, 0.6) is 11.5 Å². The molecule has 0 unspecified atom stereocenters. The summed E-state index contributed by atoms with van der Waals surface area (Å²) in [4.78, 5) is 3.93. The molecule has 0 bridgehead atoms. The highest BCUT2D eigenvalue weighted by Crippen LogP contribution is 2.33. The van der Waals surface area contributed by atoms with Crippen LogP contribution < -0.4 is 20.9 Å². The zero-order chi connectivity index (χ0) is 12.1. The van der Waals surface area contributed by atoms with E-state index in [-0.39, 0.29) is 5.96 Å². The van der Waals surface area contributed by atoms with Gasteiger partial charge in [0.1, 0.15) is 0 Å². The molecule has 0 heterocycles. The molecule has 0 spiro atoms. The standard InChI is InChI=1S/C10H14BrN3O2/c1-15-8-3-6(5-14-10(12)13)7(11)4-9(8)16-2/h3-4H,5H2,1-2H3,(H4,12,13,14). The molecule has 1 aromatic carbocycles. The predicted octanol–water partition coefficient (Wildman–Crippen LogP) is 1.24. The summed E-state index contributed by atoms with van der Waals surface area (Å²) < 4.78 is 11.2. The van der Waals surface area contributed by atoms with Crippen LogP contribution in [0.4, 0.5) is 0 Å². The summed E-state index contributed by atoms with van der Waals surface area (Å²) in [5.74, 6) is 1.36. The lowest BCUT2D eigenvalue weighted by molar-refractivity contribution is 0.354. The van der Waals surface area contributed by atoms with E-state index in [9.17, 15) is 0 Å². The highest BCUT2D eigenvalue weighted by Gasteiger charge is 2.08. The third-order valence-corrected chi connectivity index (χ3v) is 2.72. The zero-order valence-electron chi connectivity index (χ0n) is 9.16. The summed E-state index contributed by atoms with van der Waals surface area (Å²) in [6, 6.07) is 3.64. The summed E-state index contributed by atoms with van der Waals surface area (Å²) in [5, 5.41) is 0. The molecule has 4 N–H and O–H groups in total. The third-order valence-electron chi connectivity index (χ3n) is 1.98. The first-order valence-electron chi connectivity index (χ1n) is 4.54.